The molecule has 0 amide bonds. The standard InChI is InChI=1S/C11H12O4/c1-2-15-11(14)6-8-3-4-10(13)9(5-8)7-12/h3-5,7,13H,2,6H2,1H3. The third-order valence-corrected chi connectivity index (χ3v) is 1.87. The van der Waals surface area contributed by atoms with E-state index in [4.69, 9.17) is 4.74 Å². The van der Waals surface area contributed by atoms with Crippen molar-refractivity contribution in [2.75, 3.05) is 6.61 Å². The molecule has 0 aliphatic carbocycles. The van der Waals surface area contributed by atoms with Crippen molar-refractivity contribution in [1.29, 1.82) is 0 Å². The minimum absolute atomic E-state index is 0.0855. The van der Waals surface area contributed by atoms with Gasteiger partial charge in [0.1, 0.15) is 5.75 Å². The fourth-order valence-electron chi connectivity index (χ4n) is 1.19. The van der Waals surface area contributed by atoms with E-state index in [1.165, 1.54) is 12.1 Å². The van der Waals surface area contributed by atoms with Crippen molar-refractivity contribution in [1.82, 2.24) is 0 Å². The van der Waals surface area contributed by atoms with Gasteiger partial charge < -0.3 is 9.84 Å². The van der Waals surface area contributed by atoms with Crippen molar-refractivity contribution in [2.45, 2.75) is 13.3 Å². The first kappa shape index (κ1) is 11.2. The fraction of sp³-hybridized carbons (Fsp3) is 0.273. The first-order chi connectivity index (χ1) is 7.17. The molecule has 1 aromatic rings. The Bertz CT molecular complexity index is 371. The predicted molar refractivity (Wildman–Crippen MR) is 53.8 cm³/mol. The number of carbonyl (C=O) groups is 2. The van der Waals surface area contributed by atoms with E-state index in [0.29, 0.717) is 18.5 Å². The highest BCUT2D eigenvalue weighted by molar-refractivity contribution is 5.80. The van der Waals surface area contributed by atoms with E-state index in [-0.39, 0.29) is 23.7 Å². The van der Waals surface area contributed by atoms with E-state index in [2.05, 4.69) is 0 Å². The van der Waals surface area contributed by atoms with Crippen molar-refractivity contribution in [3.63, 3.8) is 0 Å². The molecule has 0 aromatic heterocycles. The Balaban J connectivity index is 2.78. The van der Waals surface area contributed by atoms with Crippen LogP contribution in [0.3, 0.4) is 0 Å². The minimum Gasteiger partial charge on any atom is -0.507 e. The van der Waals surface area contributed by atoms with Crippen molar-refractivity contribution in [2.24, 2.45) is 0 Å². The lowest BCUT2D eigenvalue weighted by molar-refractivity contribution is -0.142. The molecule has 0 atom stereocenters. The first-order valence-corrected chi connectivity index (χ1v) is 4.60. The normalized spacial score (nSPS) is 9.67. The largest absolute Gasteiger partial charge is 0.507 e. The molecular formula is C11H12O4. The number of benzene rings is 1. The molecule has 0 aliphatic rings. The molecular weight excluding hydrogens is 196 g/mol. The van der Waals surface area contributed by atoms with Gasteiger partial charge in [0.25, 0.3) is 0 Å². The van der Waals surface area contributed by atoms with Crippen LogP contribution in [0.1, 0.15) is 22.8 Å². The smallest absolute Gasteiger partial charge is 0.310 e. The van der Waals surface area contributed by atoms with E-state index in [1.807, 2.05) is 0 Å². The molecule has 1 rings (SSSR count). The summed E-state index contributed by atoms with van der Waals surface area (Å²) in [6, 6.07) is 4.44. The van der Waals surface area contributed by atoms with E-state index in [0.717, 1.165) is 0 Å². The second-order valence-electron chi connectivity index (χ2n) is 2.99. The van der Waals surface area contributed by atoms with Gasteiger partial charge in [-0.1, -0.05) is 6.07 Å². The molecule has 15 heavy (non-hydrogen) atoms. The molecule has 80 valence electrons. The third kappa shape index (κ3) is 3.09. The summed E-state index contributed by atoms with van der Waals surface area (Å²) in [5, 5.41) is 9.23. The Morgan fingerprint density at radius 1 is 1.53 bits per heavy atom. The van der Waals surface area contributed by atoms with Crippen LogP contribution in [0.5, 0.6) is 5.75 Å². The zero-order valence-electron chi connectivity index (χ0n) is 8.40. The molecule has 1 N–H and O–H groups in total. The van der Waals surface area contributed by atoms with Crippen LogP contribution < -0.4 is 0 Å². The number of aromatic hydroxyl groups is 1. The third-order valence-electron chi connectivity index (χ3n) is 1.87. The molecule has 0 fully saturated rings. The number of hydrogen-bond donors (Lipinski definition) is 1. The quantitative estimate of drug-likeness (QED) is 0.598. The summed E-state index contributed by atoms with van der Waals surface area (Å²) < 4.78 is 4.76. The van der Waals surface area contributed by atoms with Gasteiger partial charge in [0, 0.05) is 0 Å². The van der Waals surface area contributed by atoms with Crippen LogP contribution in [0.25, 0.3) is 0 Å². The topological polar surface area (TPSA) is 63.6 Å². The molecule has 4 nitrogen and oxygen atoms in total. The molecule has 0 bridgehead atoms. The summed E-state index contributed by atoms with van der Waals surface area (Å²) in [5.74, 6) is -0.433. The van der Waals surface area contributed by atoms with Crippen LogP contribution in [0.4, 0.5) is 0 Å². The number of rotatable bonds is 4. The Hall–Kier alpha value is -1.84. The van der Waals surface area contributed by atoms with Crippen molar-refractivity contribution >= 4 is 12.3 Å². The number of carbonyl (C=O) groups excluding carboxylic acids is 2. The van der Waals surface area contributed by atoms with Crippen LogP contribution in [0, 0.1) is 0 Å². The van der Waals surface area contributed by atoms with Gasteiger partial charge in [0.2, 0.25) is 0 Å². The maximum absolute atomic E-state index is 11.1. The number of ether oxygens (including phenoxy) is 1. The van der Waals surface area contributed by atoms with E-state index in [1.54, 1.807) is 13.0 Å². The molecule has 0 aliphatic heterocycles. The zero-order chi connectivity index (χ0) is 11.3. The Kier molecular flexibility index (Phi) is 3.85. The molecule has 0 radical (unpaired) electrons. The lowest BCUT2D eigenvalue weighted by atomic mass is 10.1. The number of hydrogen-bond acceptors (Lipinski definition) is 4. The molecule has 4 heteroatoms. The van der Waals surface area contributed by atoms with Gasteiger partial charge >= 0.3 is 5.97 Å². The SMILES string of the molecule is CCOC(=O)Cc1ccc(O)c(C=O)c1. The molecule has 0 heterocycles. The van der Waals surface area contributed by atoms with Gasteiger partial charge in [0.05, 0.1) is 18.6 Å². The van der Waals surface area contributed by atoms with Crippen molar-refractivity contribution < 1.29 is 19.4 Å². The highest BCUT2D eigenvalue weighted by Gasteiger charge is 2.06. The highest BCUT2D eigenvalue weighted by Crippen LogP contribution is 2.16. The summed E-state index contributed by atoms with van der Waals surface area (Å²) in [6.45, 7) is 2.06. The minimum atomic E-state index is -0.347. The van der Waals surface area contributed by atoms with E-state index < -0.39 is 0 Å². The molecule has 0 saturated carbocycles. The first-order valence-electron chi connectivity index (χ1n) is 4.60. The average molecular weight is 208 g/mol. The fourth-order valence-corrected chi connectivity index (χ4v) is 1.19. The summed E-state index contributed by atoms with van der Waals surface area (Å²) in [6.07, 6.45) is 0.652. The van der Waals surface area contributed by atoms with Crippen LogP contribution in [-0.4, -0.2) is 24.0 Å². The summed E-state index contributed by atoms with van der Waals surface area (Å²) in [7, 11) is 0. The molecule has 0 spiro atoms. The zero-order valence-corrected chi connectivity index (χ0v) is 8.40. The van der Waals surface area contributed by atoms with Gasteiger partial charge in [0.15, 0.2) is 6.29 Å². The monoisotopic (exact) mass is 208 g/mol. The van der Waals surface area contributed by atoms with E-state index >= 15 is 0 Å². The van der Waals surface area contributed by atoms with Gasteiger partial charge in [-0.15, -0.1) is 0 Å². The van der Waals surface area contributed by atoms with Crippen LogP contribution in [-0.2, 0) is 16.0 Å². The highest BCUT2D eigenvalue weighted by atomic mass is 16.5. The van der Waals surface area contributed by atoms with Crippen LogP contribution in [0.15, 0.2) is 18.2 Å². The summed E-state index contributed by atoms with van der Waals surface area (Å²) in [4.78, 5) is 21.6. The lowest BCUT2D eigenvalue weighted by Gasteiger charge is -2.03. The van der Waals surface area contributed by atoms with Gasteiger partial charge in [-0.05, 0) is 24.6 Å². The van der Waals surface area contributed by atoms with Crippen LogP contribution >= 0.6 is 0 Å². The Morgan fingerprint density at radius 3 is 2.87 bits per heavy atom. The second-order valence-corrected chi connectivity index (χ2v) is 2.99. The maximum atomic E-state index is 11.1. The number of aldehydes is 1. The Labute approximate surface area is 87.5 Å². The number of phenols is 1. The predicted octanol–water partition coefficient (Wildman–Crippen LogP) is 1.31. The molecule has 0 saturated heterocycles. The molecule has 1 aromatic carbocycles. The summed E-state index contributed by atoms with van der Waals surface area (Å²) >= 11 is 0. The van der Waals surface area contributed by atoms with Crippen molar-refractivity contribution in [3.8, 4) is 5.75 Å². The lowest BCUT2D eigenvalue weighted by Crippen LogP contribution is -2.07. The van der Waals surface area contributed by atoms with Crippen molar-refractivity contribution in [3.05, 3.63) is 29.3 Å². The molecule has 0 unspecified atom stereocenters. The van der Waals surface area contributed by atoms with Gasteiger partial charge in [-0.2, -0.15) is 0 Å². The Morgan fingerprint density at radius 2 is 2.27 bits per heavy atom. The maximum Gasteiger partial charge on any atom is 0.310 e. The number of phenolic OH excluding ortho intramolecular Hbond substituents is 1. The van der Waals surface area contributed by atoms with Gasteiger partial charge in [-0.25, -0.2) is 0 Å². The van der Waals surface area contributed by atoms with E-state index in [9.17, 15) is 14.7 Å². The summed E-state index contributed by atoms with van der Waals surface area (Å²) in [5.41, 5.74) is 0.824. The average Bonchev–Trinajstić information content (AvgIpc) is 2.21. The van der Waals surface area contributed by atoms with Gasteiger partial charge in [-0.3, -0.25) is 9.59 Å². The second kappa shape index (κ2) is 5.14. The number of esters is 1. The van der Waals surface area contributed by atoms with Crippen LogP contribution in [0.2, 0.25) is 0 Å².